The largest absolute Gasteiger partial charge is 0.480 e. The first-order valence-corrected chi connectivity index (χ1v) is 11.6. The van der Waals surface area contributed by atoms with Crippen LogP contribution in [0.1, 0.15) is 39.5 Å². The monoisotopic (exact) mass is 477 g/mol. The van der Waals surface area contributed by atoms with E-state index in [1.807, 2.05) is 0 Å². The Morgan fingerprint density at radius 2 is 1.50 bits per heavy atom. The van der Waals surface area contributed by atoms with E-state index in [-0.39, 0.29) is 25.2 Å². The molecule has 12 nitrogen and oxygen atoms in total. The number of carboxylic acids is 1. The van der Waals surface area contributed by atoms with Crippen LogP contribution in [-0.4, -0.2) is 82.6 Å². The molecular formula is C19H35N5O7S. The summed E-state index contributed by atoms with van der Waals surface area (Å²) >= 11 is 1.43. The van der Waals surface area contributed by atoms with Gasteiger partial charge in [0.25, 0.3) is 0 Å². The van der Waals surface area contributed by atoms with Gasteiger partial charge in [-0.3, -0.25) is 19.2 Å². The Bertz CT molecular complexity index is 664. The molecule has 0 saturated carbocycles. The molecule has 0 aromatic rings. The summed E-state index contributed by atoms with van der Waals surface area (Å²) in [6.45, 7) is 2.82. The van der Waals surface area contributed by atoms with Gasteiger partial charge in [0.05, 0.1) is 6.61 Å². The van der Waals surface area contributed by atoms with Crippen molar-refractivity contribution in [3.8, 4) is 0 Å². The minimum atomic E-state index is -1.25. The molecule has 32 heavy (non-hydrogen) atoms. The van der Waals surface area contributed by atoms with Gasteiger partial charge in [-0.25, -0.2) is 4.79 Å². The van der Waals surface area contributed by atoms with Crippen molar-refractivity contribution in [1.29, 1.82) is 0 Å². The van der Waals surface area contributed by atoms with Crippen LogP contribution in [0, 0.1) is 5.92 Å². The van der Waals surface area contributed by atoms with E-state index in [0.717, 1.165) is 0 Å². The maximum Gasteiger partial charge on any atom is 0.326 e. The van der Waals surface area contributed by atoms with Crippen molar-refractivity contribution in [2.24, 2.45) is 17.4 Å². The van der Waals surface area contributed by atoms with E-state index >= 15 is 0 Å². The minimum absolute atomic E-state index is 0.154. The Balaban J connectivity index is 5.53. The highest BCUT2D eigenvalue weighted by Crippen LogP contribution is 2.10. The number of nitrogens with two attached hydrogens (primary N) is 2. The molecule has 0 spiro atoms. The fourth-order valence-electron chi connectivity index (χ4n) is 2.63. The van der Waals surface area contributed by atoms with Gasteiger partial charge < -0.3 is 37.6 Å². The third kappa shape index (κ3) is 10.8. The summed E-state index contributed by atoms with van der Waals surface area (Å²) in [6.07, 6.45) is 2.13. The first-order valence-electron chi connectivity index (χ1n) is 10.3. The van der Waals surface area contributed by atoms with Crippen molar-refractivity contribution in [3.63, 3.8) is 0 Å². The Hall–Kier alpha value is -2.38. The maximum atomic E-state index is 12.8. The molecule has 5 unspecified atom stereocenters. The molecule has 5 atom stereocenters. The van der Waals surface area contributed by atoms with Crippen LogP contribution in [0.25, 0.3) is 0 Å². The molecule has 0 aliphatic heterocycles. The molecule has 0 aromatic heterocycles. The molecule has 0 rings (SSSR count). The summed E-state index contributed by atoms with van der Waals surface area (Å²) in [4.78, 5) is 60.3. The highest BCUT2D eigenvalue weighted by Gasteiger charge is 2.31. The summed E-state index contributed by atoms with van der Waals surface area (Å²) in [5.74, 6) is -4.04. The van der Waals surface area contributed by atoms with Crippen LogP contribution in [0.5, 0.6) is 0 Å². The van der Waals surface area contributed by atoms with Crippen LogP contribution in [-0.2, 0) is 24.0 Å². The van der Waals surface area contributed by atoms with Gasteiger partial charge in [0.1, 0.15) is 24.2 Å². The number of primary amides is 1. The van der Waals surface area contributed by atoms with Gasteiger partial charge in [-0.2, -0.15) is 11.8 Å². The zero-order valence-corrected chi connectivity index (χ0v) is 19.4. The predicted octanol–water partition coefficient (Wildman–Crippen LogP) is -2.09. The lowest BCUT2D eigenvalue weighted by Crippen LogP contribution is -2.58. The lowest BCUT2D eigenvalue weighted by Gasteiger charge is -2.26. The summed E-state index contributed by atoms with van der Waals surface area (Å²) < 4.78 is 0. The van der Waals surface area contributed by atoms with E-state index in [2.05, 4.69) is 16.0 Å². The van der Waals surface area contributed by atoms with Gasteiger partial charge >= 0.3 is 5.97 Å². The first-order chi connectivity index (χ1) is 15.0. The molecule has 0 bridgehead atoms. The SMILES string of the molecule is CCC(C)C(NC(=O)C(CCC(N)=O)NC(=O)C(CCSC)NC(=O)C(N)CO)C(=O)O. The second kappa shape index (κ2) is 15.4. The number of amides is 4. The molecule has 4 amide bonds. The van der Waals surface area contributed by atoms with Gasteiger partial charge in [0, 0.05) is 6.42 Å². The molecule has 0 fully saturated rings. The number of thioether (sulfide) groups is 1. The Morgan fingerprint density at radius 3 is 1.97 bits per heavy atom. The van der Waals surface area contributed by atoms with Gasteiger partial charge in [-0.15, -0.1) is 0 Å². The van der Waals surface area contributed by atoms with Crippen molar-refractivity contribution in [1.82, 2.24) is 16.0 Å². The predicted molar refractivity (Wildman–Crippen MR) is 119 cm³/mol. The number of carboxylic acid groups (broad SMARTS) is 1. The second-order valence-electron chi connectivity index (χ2n) is 7.41. The standard InChI is InChI=1S/C19H35N5O7S/c1-4-10(2)15(19(30)31)24-18(29)12(5-6-14(21)26)23-17(28)13(7-8-32-3)22-16(27)11(20)9-25/h10-13,15,25H,4-9,20H2,1-3H3,(H2,21,26)(H,22,27)(H,23,28)(H,24,29)(H,30,31). The number of hydrogen-bond acceptors (Lipinski definition) is 8. The average Bonchev–Trinajstić information content (AvgIpc) is 2.75. The third-order valence-corrected chi connectivity index (χ3v) is 5.51. The highest BCUT2D eigenvalue weighted by atomic mass is 32.2. The van der Waals surface area contributed by atoms with Crippen molar-refractivity contribution in [2.75, 3.05) is 18.6 Å². The van der Waals surface area contributed by atoms with Crippen molar-refractivity contribution >= 4 is 41.4 Å². The van der Waals surface area contributed by atoms with Crippen molar-refractivity contribution in [2.45, 2.75) is 63.7 Å². The van der Waals surface area contributed by atoms with Crippen LogP contribution in [0.4, 0.5) is 0 Å². The molecule has 0 aliphatic carbocycles. The third-order valence-electron chi connectivity index (χ3n) is 4.87. The van der Waals surface area contributed by atoms with Gasteiger partial charge in [-0.05, 0) is 30.8 Å². The Labute approximate surface area is 191 Å². The van der Waals surface area contributed by atoms with Crippen molar-refractivity contribution in [3.05, 3.63) is 0 Å². The molecule has 0 radical (unpaired) electrons. The zero-order chi connectivity index (χ0) is 24.8. The molecular weight excluding hydrogens is 442 g/mol. The Morgan fingerprint density at radius 1 is 0.969 bits per heavy atom. The maximum absolute atomic E-state index is 12.8. The van der Waals surface area contributed by atoms with Crippen LogP contribution >= 0.6 is 11.8 Å². The second-order valence-corrected chi connectivity index (χ2v) is 8.39. The Kier molecular flexibility index (Phi) is 14.3. The zero-order valence-electron chi connectivity index (χ0n) is 18.6. The average molecular weight is 478 g/mol. The number of rotatable bonds is 16. The normalized spacial score (nSPS) is 15.5. The first kappa shape index (κ1) is 29.6. The molecule has 0 heterocycles. The molecule has 9 N–H and O–H groups in total. The lowest BCUT2D eigenvalue weighted by atomic mass is 9.98. The van der Waals surface area contributed by atoms with Crippen LogP contribution in [0.3, 0.4) is 0 Å². The topological polar surface area (TPSA) is 214 Å². The summed E-state index contributed by atoms with van der Waals surface area (Å²) in [6, 6.07) is -4.71. The lowest BCUT2D eigenvalue weighted by molar-refractivity contribution is -0.144. The van der Waals surface area contributed by atoms with Crippen LogP contribution < -0.4 is 27.4 Å². The van der Waals surface area contributed by atoms with E-state index in [1.54, 1.807) is 20.1 Å². The van der Waals surface area contributed by atoms with Crippen LogP contribution in [0.2, 0.25) is 0 Å². The molecule has 0 saturated heterocycles. The molecule has 13 heteroatoms. The van der Waals surface area contributed by atoms with Crippen LogP contribution in [0.15, 0.2) is 0 Å². The number of aliphatic carboxylic acids is 1. The van der Waals surface area contributed by atoms with Gasteiger partial charge in [0.2, 0.25) is 23.6 Å². The minimum Gasteiger partial charge on any atom is -0.480 e. The molecule has 184 valence electrons. The van der Waals surface area contributed by atoms with Gasteiger partial charge in [-0.1, -0.05) is 20.3 Å². The number of carbonyl (C=O) groups excluding carboxylic acids is 4. The van der Waals surface area contributed by atoms with E-state index in [1.165, 1.54) is 11.8 Å². The summed E-state index contributed by atoms with van der Waals surface area (Å²) in [5, 5.41) is 25.7. The van der Waals surface area contributed by atoms with E-state index in [0.29, 0.717) is 12.2 Å². The number of hydrogen-bond donors (Lipinski definition) is 7. The number of aliphatic hydroxyl groups excluding tert-OH is 1. The molecule has 0 aromatic carbocycles. The number of nitrogens with one attached hydrogen (secondary N) is 3. The fourth-order valence-corrected chi connectivity index (χ4v) is 3.10. The smallest absolute Gasteiger partial charge is 0.326 e. The van der Waals surface area contributed by atoms with Crippen molar-refractivity contribution < 1.29 is 34.2 Å². The fraction of sp³-hybridized carbons (Fsp3) is 0.737. The number of aliphatic hydroxyl groups is 1. The summed E-state index contributed by atoms with van der Waals surface area (Å²) in [7, 11) is 0. The molecule has 0 aliphatic rings. The summed E-state index contributed by atoms with van der Waals surface area (Å²) in [5.41, 5.74) is 10.6. The quantitative estimate of drug-likeness (QED) is 0.129. The van der Waals surface area contributed by atoms with E-state index < -0.39 is 60.4 Å². The number of carbonyl (C=O) groups is 5. The highest BCUT2D eigenvalue weighted by molar-refractivity contribution is 7.98. The van der Waals surface area contributed by atoms with Gasteiger partial charge in [0.15, 0.2) is 0 Å². The van der Waals surface area contributed by atoms with E-state index in [4.69, 9.17) is 16.6 Å². The van der Waals surface area contributed by atoms with E-state index in [9.17, 15) is 29.1 Å².